The predicted octanol–water partition coefficient (Wildman–Crippen LogP) is 1.69. The molecule has 0 unspecified atom stereocenters. The van der Waals surface area contributed by atoms with Gasteiger partial charge in [-0.1, -0.05) is 6.42 Å². The summed E-state index contributed by atoms with van der Waals surface area (Å²) in [7, 11) is 0. The molecule has 0 aromatic heterocycles. The minimum absolute atomic E-state index is 0.725. The zero-order chi connectivity index (χ0) is 6.97. The van der Waals surface area contributed by atoms with Gasteiger partial charge in [-0.15, -0.1) is 0 Å². The van der Waals surface area contributed by atoms with Crippen molar-refractivity contribution >= 4 is 0 Å². The molecule has 2 aliphatic heterocycles. The van der Waals surface area contributed by atoms with Crippen LogP contribution in [0.25, 0.3) is 0 Å². The molecule has 0 aliphatic carbocycles. The third-order valence-corrected chi connectivity index (χ3v) is 2.85. The first-order valence-corrected chi connectivity index (χ1v) is 4.43. The highest BCUT2D eigenvalue weighted by Gasteiger charge is 2.30. The third kappa shape index (κ3) is 1.07. The summed E-state index contributed by atoms with van der Waals surface area (Å²) in [6, 6.07) is 0.913. The summed E-state index contributed by atoms with van der Waals surface area (Å²) < 4.78 is 0. The molecular weight excluding hydrogens is 122 g/mol. The predicted molar refractivity (Wildman–Crippen MR) is 42.7 cm³/mol. The molecule has 0 aromatic carbocycles. The SMILES string of the molecule is [CH2][C@H]1C[C@H]2CCCCN2C1. The number of hydrogen-bond donors (Lipinski definition) is 0. The second-order valence-electron chi connectivity index (χ2n) is 3.75. The van der Waals surface area contributed by atoms with Crippen LogP contribution in [0.1, 0.15) is 25.7 Å². The Balaban J connectivity index is 1.97. The Morgan fingerprint density at radius 3 is 3.00 bits per heavy atom. The van der Waals surface area contributed by atoms with Gasteiger partial charge in [0.2, 0.25) is 0 Å². The molecule has 10 heavy (non-hydrogen) atoms. The molecule has 0 aromatic rings. The quantitative estimate of drug-likeness (QED) is 0.492. The van der Waals surface area contributed by atoms with Crippen molar-refractivity contribution < 1.29 is 0 Å². The van der Waals surface area contributed by atoms with Crippen LogP contribution in [-0.2, 0) is 0 Å². The van der Waals surface area contributed by atoms with Crippen LogP contribution in [0.2, 0.25) is 0 Å². The molecule has 0 amide bonds. The third-order valence-electron chi connectivity index (χ3n) is 2.85. The summed E-state index contributed by atoms with van der Waals surface area (Å²) in [6.45, 7) is 6.73. The molecular formula is C9H16N. The number of fused-ring (bicyclic) bond motifs is 1. The molecule has 2 saturated heterocycles. The fraction of sp³-hybridized carbons (Fsp3) is 0.889. The maximum Gasteiger partial charge on any atom is 0.00984 e. The molecule has 0 N–H and O–H groups in total. The lowest BCUT2D eigenvalue weighted by Gasteiger charge is -2.28. The maximum atomic E-state index is 4.12. The van der Waals surface area contributed by atoms with Gasteiger partial charge in [-0.3, -0.25) is 0 Å². The van der Waals surface area contributed by atoms with Gasteiger partial charge in [0.15, 0.2) is 0 Å². The summed E-state index contributed by atoms with van der Waals surface area (Å²) in [5.41, 5.74) is 0. The smallest absolute Gasteiger partial charge is 0.00984 e. The Morgan fingerprint density at radius 2 is 2.20 bits per heavy atom. The van der Waals surface area contributed by atoms with Crippen LogP contribution in [0.4, 0.5) is 0 Å². The minimum Gasteiger partial charge on any atom is -0.300 e. The molecule has 57 valence electrons. The normalized spacial score (nSPS) is 41.7. The number of rotatable bonds is 0. The Morgan fingerprint density at radius 1 is 1.30 bits per heavy atom. The van der Waals surface area contributed by atoms with Gasteiger partial charge in [0.25, 0.3) is 0 Å². The van der Waals surface area contributed by atoms with E-state index in [0.717, 1.165) is 12.0 Å². The highest BCUT2D eigenvalue weighted by atomic mass is 15.2. The van der Waals surface area contributed by atoms with Crippen molar-refractivity contribution in [3.63, 3.8) is 0 Å². The lowest BCUT2D eigenvalue weighted by molar-refractivity contribution is 0.197. The van der Waals surface area contributed by atoms with E-state index in [1.54, 1.807) is 0 Å². The molecule has 0 spiro atoms. The molecule has 2 fully saturated rings. The van der Waals surface area contributed by atoms with E-state index in [1.165, 1.54) is 38.8 Å². The average molecular weight is 138 g/mol. The Bertz CT molecular complexity index is 108. The van der Waals surface area contributed by atoms with E-state index in [0.29, 0.717) is 0 Å². The molecule has 0 saturated carbocycles. The fourth-order valence-electron chi connectivity index (χ4n) is 2.36. The summed E-state index contributed by atoms with van der Waals surface area (Å²) in [5.74, 6) is 0.725. The summed E-state index contributed by atoms with van der Waals surface area (Å²) in [4.78, 5) is 2.63. The van der Waals surface area contributed by atoms with E-state index in [9.17, 15) is 0 Å². The molecule has 1 radical (unpaired) electrons. The largest absolute Gasteiger partial charge is 0.300 e. The Labute approximate surface area is 63.4 Å². The van der Waals surface area contributed by atoms with Crippen LogP contribution in [0.3, 0.4) is 0 Å². The van der Waals surface area contributed by atoms with E-state index < -0.39 is 0 Å². The van der Waals surface area contributed by atoms with Gasteiger partial charge >= 0.3 is 0 Å². The first-order valence-electron chi connectivity index (χ1n) is 4.43. The Hall–Kier alpha value is -0.0400. The second kappa shape index (κ2) is 2.54. The molecule has 2 heterocycles. The van der Waals surface area contributed by atoms with Crippen LogP contribution < -0.4 is 0 Å². The van der Waals surface area contributed by atoms with E-state index in [-0.39, 0.29) is 0 Å². The summed E-state index contributed by atoms with van der Waals surface area (Å²) >= 11 is 0. The zero-order valence-corrected chi connectivity index (χ0v) is 6.55. The summed E-state index contributed by atoms with van der Waals surface area (Å²) in [5, 5.41) is 0. The second-order valence-corrected chi connectivity index (χ2v) is 3.75. The van der Waals surface area contributed by atoms with Gasteiger partial charge in [-0.05, 0) is 38.6 Å². The maximum absolute atomic E-state index is 4.12. The van der Waals surface area contributed by atoms with Gasteiger partial charge < -0.3 is 4.90 Å². The van der Waals surface area contributed by atoms with Gasteiger partial charge in [0, 0.05) is 12.6 Å². The van der Waals surface area contributed by atoms with Crippen molar-refractivity contribution in [1.29, 1.82) is 0 Å². The minimum atomic E-state index is 0.725. The summed E-state index contributed by atoms with van der Waals surface area (Å²) in [6.07, 6.45) is 5.67. The van der Waals surface area contributed by atoms with Crippen molar-refractivity contribution in [2.24, 2.45) is 5.92 Å². The van der Waals surface area contributed by atoms with Crippen LogP contribution in [0.15, 0.2) is 0 Å². The lowest BCUT2D eigenvalue weighted by atomic mass is 10.0. The van der Waals surface area contributed by atoms with Gasteiger partial charge in [-0.2, -0.15) is 0 Å². The van der Waals surface area contributed by atoms with E-state index in [1.807, 2.05) is 0 Å². The van der Waals surface area contributed by atoms with Gasteiger partial charge in [0.1, 0.15) is 0 Å². The van der Waals surface area contributed by atoms with Crippen LogP contribution in [-0.4, -0.2) is 24.0 Å². The topological polar surface area (TPSA) is 3.24 Å². The number of nitrogens with zero attached hydrogens (tertiary/aromatic N) is 1. The standard InChI is InChI=1S/C9H16N/c1-8-6-9-4-2-3-5-10(9)7-8/h8-9H,1-7H2/t8-,9+/m0/s1. The van der Waals surface area contributed by atoms with Crippen molar-refractivity contribution in [1.82, 2.24) is 4.90 Å². The molecule has 2 rings (SSSR count). The van der Waals surface area contributed by atoms with Crippen LogP contribution in [0.5, 0.6) is 0 Å². The van der Waals surface area contributed by atoms with Crippen LogP contribution in [0, 0.1) is 12.8 Å². The first-order chi connectivity index (χ1) is 4.86. The fourth-order valence-corrected chi connectivity index (χ4v) is 2.36. The van der Waals surface area contributed by atoms with E-state index >= 15 is 0 Å². The van der Waals surface area contributed by atoms with E-state index in [2.05, 4.69) is 11.8 Å². The van der Waals surface area contributed by atoms with Crippen molar-refractivity contribution in [2.45, 2.75) is 31.7 Å². The van der Waals surface area contributed by atoms with Crippen molar-refractivity contribution in [3.8, 4) is 0 Å². The Kier molecular flexibility index (Phi) is 1.69. The molecule has 1 nitrogen and oxygen atoms in total. The molecule has 2 atom stereocenters. The average Bonchev–Trinajstić information content (AvgIpc) is 2.27. The molecule has 1 heteroatoms. The van der Waals surface area contributed by atoms with Crippen LogP contribution >= 0.6 is 0 Å². The van der Waals surface area contributed by atoms with Crippen molar-refractivity contribution in [3.05, 3.63) is 6.92 Å². The lowest BCUT2D eigenvalue weighted by Crippen LogP contribution is -2.33. The molecule has 0 bridgehead atoms. The highest BCUT2D eigenvalue weighted by Crippen LogP contribution is 2.29. The number of hydrogen-bond acceptors (Lipinski definition) is 1. The molecule has 2 aliphatic rings. The van der Waals surface area contributed by atoms with Crippen molar-refractivity contribution in [2.75, 3.05) is 13.1 Å². The zero-order valence-electron chi connectivity index (χ0n) is 6.55. The van der Waals surface area contributed by atoms with Gasteiger partial charge in [0.05, 0.1) is 0 Å². The monoisotopic (exact) mass is 138 g/mol. The van der Waals surface area contributed by atoms with E-state index in [4.69, 9.17) is 0 Å². The first kappa shape index (κ1) is 6.66. The van der Waals surface area contributed by atoms with Gasteiger partial charge in [-0.25, -0.2) is 0 Å². The number of piperidine rings is 1. The highest BCUT2D eigenvalue weighted by molar-refractivity contribution is 4.88.